The fourth-order valence-electron chi connectivity index (χ4n) is 1.45. The average molecular weight is 270 g/mol. The Labute approximate surface area is 109 Å². The quantitative estimate of drug-likeness (QED) is 0.697. The third kappa shape index (κ3) is 6.37. The van der Waals surface area contributed by atoms with Crippen molar-refractivity contribution >= 4 is 11.9 Å². The van der Waals surface area contributed by atoms with E-state index in [0.29, 0.717) is 5.75 Å². The molecule has 0 aliphatic carbocycles. The summed E-state index contributed by atoms with van der Waals surface area (Å²) >= 11 is 0. The second-order valence-electron chi connectivity index (χ2n) is 3.87. The summed E-state index contributed by atoms with van der Waals surface area (Å²) in [6.07, 6.45) is 0. The lowest BCUT2D eigenvalue weighted by molar-refractivity contribution is -0.138. The van der Waals surface area contributed by atoms with Crippen LogP contribution in [-0.2, 0) is 9.59 Å². The van der Waals surface area contributed by atoms with Crippen molar-refractivity contribution in [1.29, 1.82) is 0 Å². The first-order chi connectivity index (χ1) is 8.97. The number of halogens is 1. The van der Waals surface area contributed by atoms with Crippen molar-refractivity contribution in [3.05, 3.63) is 30.1 Å². The molecule has 7 heteroatoms. The number of benzene rings is 1. The number of carbonyl (C=O) groups excluding carboxylic acids is 1. The fourth-order valence-corrected chi connectivity index (χ4v) is 1.45. The molecule has 0 fully saturated rings. The molecular weight excluding hydrogens is 255 g/mol. The smallest absolute Gasteiger partial charge is 0.317 e. The zero-order valence-electron chi connectivity index (χ0n) is 10.2. The molecule has 104 valence electrons. The summed E-state index contributed by atoms with van der Waals surface area (Å²) in [4.78, 5) is 22.7. The van der Waals surface area contributed by atoms with Crippen LogP contribution in [0.5, 0.6) is 5.75 Å². The van der Waals surface area contributed by atoms with Crippen molar-refractivity contribution in [3.8, 4) is 5.75 Å². The highest BCUT2D eigenvalue weighted by Gasteiger charge is 2.12. The van der Waals surface area contributed by atoms with E-state index in [9.17, 15) is 14.0 Å². The van der Waals surface area contributed by atoms with Crippen molar-refractivity contribution in [2.75, 3.05) is 26.2 Å². The van der Waals surface area contributed by atoms with Gasteiger partial charge >= 0.3 is 5.97 Å². The molecule has 1 aromatic rings. The first kappa shape index (κ1) is 14.9. The Morgan fingerprint density at radius 3 is 2.42 bits per heavy atom. The summed E-state index contributed by atoms with van der Waals surface area (Å²) in [6.45, 7) is -0.0480. The zero-order valence-corrected chi connectivity index (χ0v) is 10.2. The maximum absolute atomic E-state index is 12.6. The Bertz CT molecular complexity index is 420. The van der Waals surface area contributed by atoms with Crippen molar-refractivity contribution in [3.63, 3.8) is 0 Å². The molecule has 0 unspecified atom stereocenters. The maximum atomic E-state index is 12.6. The van der Waals surface area contributed by atoms with Gasteiger partial charge in [-0.25, -0.2) is 4.39 Å². The standard InChI is InChI=1S/C12H15FN2O4/c13-9-1-3-10(4-2-9)19-6-5-15(7-11(14)16)8-12(17)18/h1-4H,5-8H2,(H2,14,16)(H,17,18). The van der Waals surface area contributed by atoms with Gasteiger partial charge in [-0.3, -0.25) is 14.5 Å². The van der Waals surface area contributed by atoms with Crippen LogP contribution in [-0.4, -0.2) is 48.1 Å². The van der Waals surface area contributed by atoms with Crippen LogP contribution in [0, 0.1) is 5.82 Å². The van der Waals surface area contributed by atoms with Gasteiger partial charge in [0.2, 0.25) is 5.91 Å². The molecule has 0 saturated carbocycles. The second kappa shape index (κ2) is 7.32. The summed E-state index contributed by atoms with van der Waals surface area (Å²) in [5.41, 5.74) is 5.01. The molecule has 1 aromatic carbocycles. The molecule has 1 amide bonds. The molecule has 0 aromatic heterocycles. The first-order valence-corrected chi connectivity index (χ1v) is 5.58. The number of hydrogen-bond acceptors (Lipinski definition) is 4. The lowest BCUT2D eigenvalue weighted by Crippen LogP contribution is -2.39. The van der Waals surface area contributed by atoms with E-state index < -0.39 is 11.9 Å². The SMILES string of the molecule is NC(=O)CN(CCOc1ccc(F)cc1)CC(=O)O. The Morgan fingerprint density at radius 1 is 1.26 bits per heavy atom. The molecule has 6 nitrogen and oxygen atoms in total. The van der Waals surface area contributed by atoms with Crippen LogP contribution in [0.1, 0.15) is 0 Å². The maximum Gasteiger partial charge on any atom is 0.317 e. The summed E-state index contributed by atoms with van der Waals surface area (Å²) < 4.78 is 17.9. The van der Waals surface area contributed by atoms with Crippen molar-refractivity contribution in [2.24, 2.45) is 5.73 Å². The number of primary amides is 1. The van der Waals surface area contributed by atoms with E-state index in [1.54, 1.807) is 0 Å². The Morgan fingerprint density at radius 2 is 1.89 bits per heavy atom. The number of ether oxygens (including phenoxy) is 1. The predicted molar refractivity (Wildman–Crippen MR) is 65.2 cm³/mol. The Hall–Kier alpha value is -2.15. The predicted octanol–water partition coefficient (Wildman–Crippen LogP) is 0.0764. The number of carboxylic acid groups (broad SMARTS) is 1. The van der Waals surface area contributed by atoms with E-state index >= 15 is 0 Å². The Kier molecular flexibility index (Phi) is 5.74. The second-order valence-corrected chi connectivity index (χ2v) is 3.87. The van der Waals surface area contributed by atoms with Crippen molar-refractivity contribution in [2.45, 2.75) is 0 Å². The van der Waals surface area contributed by atoms with Gasteiger partial charge < -0.3 is 15.6 Å². The summed E-state index contributed by atoms with van der Waals surface area (Å²) in [6, 6.07) is 5.44. The van der Waals surface area contributed by atoms with Gasteiger partial charge in [0.25, 0.3) is 0 Å². The fraction of sp³-hybridized carbons (Fsp3) is 0.333. The van der Waals surface area contributed by atoms with Crippen LogP contribution < -0.4 is 10.5 Å². The molecule has 0 spiro atoms. The van der Waals surface area contributed by atoms with Gasteiger partial charge in [0.15, 0.2) is 0 Å². The molecule has 0 bridgehead atoms. The molecule has 1 rings (SSSR count). The van der Waals surface area contributed by atoms with Gasteiger partial charge in [-0.1, -0.05) is 0 Å². The van der Waals surface area contributed by atoms with Crippen LogP contribution in [0.4, 0.5) is 4.39 Å². The van der Waals surface area contributed by atoms with Crippen LogP contribution in [0.25, 0.3) is 0 Å². The van der Waals surface area contributed by atoms with E-state index in [4.69, 9.17) is 15.6 Å². The van der Waals surface area contributed by atoms with Crippen molar-refractivity contribution < 1.29 is 23.8 Å². The highest BCUT2D eigenvalue weighted by Crippen LogP contribution is 2.10. The Balaban J connectivity index is 2.40. The summed E-state index contributed by atoms with van der Waals surface area (Å²) in [7, 11) is 0. The third-order valence-electron chi connectivity index (χ3n) is 2.23. The molecule has 0 atom stereocenters. The minimum Gasteiger partial charge on any atom is -0.492 e. The van der Waals surface area contributed by atoms with Crippen molar-refractivity contribution in [1.82, 2.24) is 4.90 Å². The van der Waals surface area contributed by atoms with E-state index in [0.717, 1.165) is 0 Å². The molecular formula is C12H15FN2O4. The number of rotatable bonds is 8. The molecule has 0 heterocycles. The number of nitrogens with zero attached hydrogens (tertiary/aromatic N) is 1. The van der Waals surface area contributed by atoms with Crippen LogP contribution in [0.3, 0.4) is 0 Å². The molecule has 0 aliphatic heterocycles. The number of carbonyl (C=O) groups is 2. The number of amides is 1. The highest BCUT2D eigenvalue weighted by atomic mass is 19.1. The van der Waals surface area contributed by atoms with Gasteiger partial charge in [0.05, 0.1) is 13.1 Å². The molecule has 3 N–H and O–H groups in total. The minimum atomic E-state index is -1.05. The topological polar surface area (TPSA) is 92.9 Å². The average Bonchev–Trinajstić information content (AvgIpc) is 2.30. The van der Waals surface area contributed by atoms with E-state index in [2.05, 4.69) is 0 Å². The van der Waals surface area contributed by atoms with Gasteiger partial charge in [-0.05, 0) is 24.3 Å². The first-order valence-electron chi connectivity index (χ1n) is 5.58. The summed E-state index contributed by atoms with van der Waals surface area (Å²) in [5, 5.41) is 8.67. The van der Waals surface area contributed by atoms with Crippen LogP contribution in [0.15, 0.2) is 24.3 Å². The summed E-state index contributed by atoms with van der Waals surface area (Å²) in [5.74, 6) is -1.56. The van der Waals surface area contributed by atoms with Gasteiger partial charge in [-0.2, -0.15) is 0 Å². The number of aliphatic carboxylic acids is 1. The molecule has 0 radical (unpaired) electrons. The molecule has 0 aliphatic rings. The molecule has 19 heavy (non-hydrogen) atoms. The number of hydrogen-bond donors (Lipinski definition) is 2. The van der Waals surface area contributed by atoms with Crippen LogP contribution >= 0.6 is 0 Å². The van der Waals surface area contributed by atoms with E-state index in [1.807, 2.05) is 0 Å². The largest absolute Gasteiger partial charge is 0.492 e. The monoisotopic (exact) mass is 270 g/mol. The lowest BCUT2D eigenvalue weighted by atomic mass is 10.3. The normalized spacial score (nSPS) is 10.4. The number of nitrogens with two attached hydrogens (primary N) is 1. The third-order valence-corrected chi connectivity index (χ3v) is 2.23. The van der Waals surface area contributed by atoms with E-state index in [1.165, 1.54) is 29.2 Å². The van der Waals surface area contributed by atoms with Gasteiger partial charge in [0, 0.05) is 6.54 Å². The minimum absolute atomic E-state index is 0.154. The van der Waals surface area contributed by atoms with Gasteiger partial charge in [-0.15, -0.1) is 0 Å². The van der Waals surface area contributed by atoms with Gasteiger partial charge in [0.1, 0.15) is 18.2 Å². The van der Waals surface area contributed by atoms with Crippen LogP contribution in [0.2, 0.25) is 0 Å². The van der Waals surface area contributed by atoms with E-state index in [-0.39, 0.29) is 32.1 Å². The number of carboxylic acids is 1. The highest BCUT2D eigenvalue weighted by molar-refractivity contribution is 5.77. The lowest BCUT2D eigenvalue weighted by Gasteiger charge is -2.18. The molecule has 0 saturated heterocycles. The zero-order chi connectivity index (χ0) is 14.3.